The highest BCUT2D eigenvalue weighted by molar-refractivity contribution is 7.89. The lowest BCUT2D eigenvalue weighted by atomic mass is 10.1. The number of nitrogens with zero attached hydrogens (tertiary/aromatic N) is 1. The second kappa shape index (κ2) is 8.06. The summed E-state index contributed by atoms with van der Waals surface area (Å²) in [5, 5.41) is 0. The van der Waals surface area contributed by atoms with Gasteiger partial charge >= 0.3 is 6.18 Å². The molecule has 0 bridgehead atoms. The van der Waals surface area contributed by atoms with Crippen molar-refractivity contribution in [2.75, 3.05) is 31.2 Å². The van der Waals surface area contributed by atoms with Gasteiger partial charge in [0.2, 0.25) is 10.0 Å². The molecule has 0 atom stereocenters. The van der Waals surface area contributed by atoms with Crippen molar-refractivity contribution in [2.45, 2.75) is 17.6 Å². The third kappa shape index (κ3) is 4.62. The Balaban J connectivity index is 1.86. The fourth-order valence-corrected chi connectivity index (χ4v) is 4.00. The molecule has 1 fully saturated rings. The van der Waals surface area contributed by atoms with Gasteiger partial charge in [-0.05, 0) is 29.8 Å². The van der Waals surface area contributed by atoms with E-state index in [1.807, 2.05) is 4.72 Å². The van der Waals surface area contributed by atoms with Gasteiger partial charge in [0, 0.05) is 25.3 Å². The van der Waals surface area contributed by atoms with Crippen molar-refractivity contribution in [3.05, 3.63) is 59.4 Å². The molecular formula is C18H18F4N2O3S. The van der Waals surface area contributed by atoms with Gasteiger partial charge in [-0.1, -0.05) is 18.2 Å². The van der Waals surface area contributed by atoms with E-state index in [1.165, 1.54) is 24.3 Å². The SMILES string of the molecule is O=S(=O)(NCc1ccc(N2CCOCC2)cc1C(F)(F)F)c1ccccc1F. The number of hydrogen-bond acceptors (Lipinski definition) is 4. The molecule has 1 aliphatic rings. The number of rotatable bonds is 5. The Morgan fingerprint density at radius 3 is 2.39 bits per heavy atom. The number of halogens is 4. The van der Waals surface area contributed by atoms with Crippen LogP contribution in [-0.2, 0) is 27.5 Å². The topological polar surface area (TPSA) is 58.6 Å². The highest BCUT2D eigenvalue weighted by Crippen LogP contribution is 2.35. The van der Waals surface area contributed by atoms with Crippen LogP contribution in [-0.4, -0.2) is 34.7 Å². The number of benzene rings is 2. The zero-order valence-corrected chi connectivity index (χ0v) is 15.5. The third-order valence-electron chi connectivity index (χ3n) is 4.35. The molecule has 1 N–H and O–H groups in total. The van der Waals surface area contributed by atoms with Crippen LogP contribution in [0.25, 0.3) is 0 Å². The maximum atomic E-state index is 13.7. The number of hydrogen-bond donors (Lipinski definition) is 1. The molecule has 0 amide bonds. The Labute approximate surface area is 160 Å². The lowest BCUT2D eigenvalue weighted by Crippen LogP contribution is -2.36. The smallest absolute Gasteiger partial charge is 0.378 e. The molecular weight excluding hydrogens is 400 g/mol. The molecule has 3 rings (SSSR count). The van der Waals surface area contributed by atoms with E-state index in [1.54, 1.807) is 4.90 Å². The Bertz CT molecular complexity index is 942. The van der Waals surface area contributed by atoms with Crippen LogP contribution in [0.5, 0.6) is 0 Å². The van der Waals surface area contributed by atoms with Crippen molar-refractivity contribution in [3.8, 4) is 0 Å². The monoisotopic (exact) mass is 418 g/mol. The Morgan fingerprint density at radius 2 is 1.75 bits per heavy atom. The predicted octanol–water partition coefficient (Wildman–Crippen LogP) is 3.16. The maximum Gasteiger partial charge on any atom is 0.416 e. The van der Waals surface area contributed by atoms with Crippen LogP contribution < -0.4 is 9.62 Å². The highest BCUT2D eigenvalue weighted by Gasteiger charge is 2.34. The zero-order valence-electron chi connectivity index (χ0n) is 14.7. The van der Waals surface area contributed by atoms with Crippen molar-refractivity contribution in [1.29, 1.82) is 0 Å². The van der Waals surface area contributed by atoms with Crippen LogP contribution in [0.2, 0.25) is 0 Å². The van der Waals surface area contributed by atoms with E-state index >= 15 is 0 Å². The highest BCUT2D eigenvalue weighted by atomic mass is 32.2. The molecule has 2 aromatic rings. The fraction of sp³-hybridized carbons (Fsp3) is 0.333. The van der Waals surface area contributed by atoms with Crippen LogP contribution in [0.1, 0.15) is 11.1 Å². The first-order valence-electron chi connectivity index (χ1n) is 8.45. The van der Waals surface area contributed by atoms with Gasteiger partial charge in [0.05, 0.1) is 18.8 Å². The normalized spacial score (nSPS) is 15.6. The predicted molar refractivity (Wildman–Crippen MR) is 94.9 cm³/mol. The first kappa shape index (κ1) is 20.6. The van der Waals surface area contributed by atoms with Crippen LogP contribution >= 0.6 is 0 Å². The van der Waals surface area contributed by atoms with Crippen LogP contribution in [0.15, 0.2) is 47.4 Å². The second-order valence-corrected chi connectivity index (χ2v) is 7.93. The van der Waals surface area contributed by atoms with E-state index in [-0.39, 0.29) is 5.56 Å². The number of anilines is 1. The first-order chi connectivity index (χ1) is 13.2. The summed E-state index contributed by atoms with van der Waals surface area (Å²) in [4.78, 5) is 1.15. The summed E-state index contributed by atoms with van der Waals surface area (Å²) in [6, 6.07) is 8.40. The lowest BCUT2D eigenvalue weighted by Gasteiger charge is -2.29. The third-order valence-corrected chi connectivity index (χ3v) is 5.79. The van der Waals surface area contributed by atoms with E-state index in [4.69, 9.17) is 4.74 Å². The molecule has 28 heavy (non-hydrogen) atoms. The molecule has 0 radical (unpaired) electrons. The van der Waals surface area contributed by atoms with E-state index < -0.39 is 39.0 Å². The van der Waals surface area contributed by atoms with Gasteiger partial charge in [0.15, 0.2) is 0 Å². The van der Waals surface area contributed by atoms with Gasteiger partial charge in [0.1, 0.15) is 10.7 Å². The van der Waals surface area contributed by atoms with E-state index in [2.05, 4.69) is 0 Å². The molecule has 0 aromatic heterocycles. The summed E-state index contributed by atoms with van der Waals surface area (Å²) in [6.45, 7) is 1.17. The molecule has 2 aromatic carbocycles. The summed E-state index contributed by atoms with van der Waals surface area (Å²) in [5.74, 6) is -0.978. The summed E-state index contributed by atoms with van der Waals surface area (Å²) >= 11 is 0. The summed E-state index contributed by atoms with van der Waals surface area (Å²) in [5.41, 5.74) is -0.798. The lowest BCUT2D eigenvalue weighted by molar-refractivity contribution is -0.138. The maximum absolute atomic E-state index is 13.7. The molecule has 1 aliphatic heterocycles. The fourth-order valence-electron chi connectivity index (χ4n) is 2.91. The Kier molecular flexibility index (Phi) is 5.92. The molecule has 5 nitrogen and oxygen atoms in total. The van der Waals surface area contributed by atoms with Crippen LogP contribution in [0.4, 0.5) is 23.2 Å². The average molecular weight is 418 g/mol. The van der Waals surface area contributed by atoms with E-state index in [0.29, 0.717) is 32.0 Å². The Hall–Kier alpha value is -2.17. The van der Waals surface area contributed by atoms with Crippen molar-refractivity contribution >= 4 is 15.7 Å². The van der Waals surface area contributed by atoms with Gasteiger partial charge in [-0.2, -0.15) is 13.2 Å². The Morgan fingerprint density at radius 1 is 1.07 bits per heavy atom. The number of alkyl halides is 3. The number of nitrogens with one attached hydrogen (secondary N) is 1. The molecule has 0 saturated carbocycles. The molecule has 0 unspecified atom stereocenters. The van der Waals surface area contributed by atoms with Crippen molar-refractivity contribution in [1.82, 2.24) is 4.72 Å². The summed E-state index contributed by atoms with van der Waals surface area (Å²) in [7, 11) is -4.30. The minimum Gasteiger partial charge on any atom is -0.378 e. The molecule has 0 spiro atoms. The van der Waals surface area contributed by atoms with Gasteiger partial charge in [-0.15, -0.1) is 0 Å². The molecule has 10 heteroatoms. The van der Waals surface area contributed by atoms with Gasteiger partial charge < -0.3 is 9.64 Å². The van der Waals surface area contributed by atoms with Crippen molar-refractivity contribution < 1.29 is 30.7 Å². The van der Waals surface area contributed by atoms with Gasteiger partial charge in [0.25, 0.3) is 0 Å². The molecule has 1 heterocycles. The molecule has 0 aliphatic carbocycles. The summed E-state index contributed by atoms with van der Waals surface area (Å²) < 4.78 is 86.0. The minimum atomic E-state index is -4.67. The van der Waals surface area contributed by atoms with E-state index in [9.17, 15) is 26.0 Å². The van der Waals surface area contributed by atoms with E-state index in [0.717, 1.165) is 18.2 Å². The average Bonchev–Trinajstić information content (AvgIpc) is 2.66. The number of ether oxygens (including phenoxy) is 1. The number of morpholine rings is 1. The molecule has 152 valence electrons. The zero-order chi connectivity index (χ0) is 20.4. The minimum absolute atomic E-state index is 0.246. The molecule has 1 saturated heterocycles. The van der Waals surface area contributed by atoms with Gasteiger partial charge in [-0.25, -0.2) is 17.5 Å². The number of sulfonamides is 1. The standard InChI is InChI=1S/C18H18F4N2O3S/c19-16-3-1-2-4-17(16)28(25,26)23-12-13-5-6-14(11-15(13)18(20,21)22)24-7-9-27-10-8-24/h1-6,11,23H,7-10,12H2. The van der Waals surface area contributed by atoms with Crippen molar-refractivity contribution in [3.63, 3.8) is 0 Å². The van der Waals surface area contributed by atoms with Crippen molar-refractivity contribution in [2.24, 2.45) is 0 Å². The quantitative estimate of drug-likeness (QED) is 0.758. The largest absolute Gasteiger partial charge is 0.416 e. The summed E-state index contributed by atoms with van der Waals surface area (Å²) in [6.07, 6.45) is -4.67. The first-order valence-corrected chi connectivity index (χ1v) is 9.94. The second-order valence-electron chi connectivity index (χ2n) is 6.19. The van der Waals surface area contributed by atoms with Crippen LogP contribution in [0.3, 0.4) is 0 Å². The van der Waals surface area contributed by atoms with Gasteiger partial charge in [-0.3, -0.25) is 0 Å². The van der Waals surface area contributed by atoms with Crippen LogP contribution in [0, 0.1) is 5.82 Å².